The smallest absolute Gasteiger partial charge is 0.226 e. The second-order valence-electron chi connectivity index (χ2n) is 16.9. The largest absolute Gasteiger partial charge is 0.393 e. The molecule has 220 valence electrons. The molecule has 6 fully saturated rings. The summed E-state index contributed by atoms with van der Waals surface area (Å²) in [6, 6.07) is 0.309. The van der Waals surface area contributed by atoms with E-state index in [0.29, 0.717) is 52.4 Å². The number of aliphatic hydroxyl groups excluding tert-OH is 1. The van der Waals surface area contributed by atoms with Gasteiger partial charge in [-0.25, -0.2) is 0 Å². The molecule has 0 spiro atoms. The summed E-state index contributed by atoms with van der Waals surface area (Å²) in [5.74, 6) is 3.18. The van der Waals surface area contributed by atoms with Gasteiger partial charge in [0, 0.05) is 12.6 Å². The Hall–Kier alpha value is -0.870. The lowest BCUT2D eigenvalue weighted by molar-refractivity contribution is -0.246. The molecule has 5 saturated carbocycles. The lowest BCUT2D eigenvalue weighted by Gasteiger charge is -2.72. The van der Waals surface area contributed by atoms with Crippen LogP contribution in [0.3, 0.4) is 0 Å². The van der Waals surface area contributed by atoms with Crippen LogP contribution in [0.5, 0.6) is 0 Å². The number of fused-ring (bicyclic) bond motifs is 7. The molecule has 4 heteroatoms. The van der Waals surface area contributed by atoms with Gasteiger partial charge in [-0.1, -0.05) is 46.8 Å². The van der Waals surface area contributed by atoms with Crippen molar-refractivity contribution in [3.8, 4) is 0 Å². The third-order valence-electron chi connectivity index (χ3n) is 15.2. The van der Waals surface area contributed by atoms with Crippen molar-refractivity contribution in [2.24, 2.45) is 56.7 Å². The maximum atomic E-state index is 14.3. The van der Waals surface area contributed by atoms with Crippen LogP contribution in [0.2, 0.25) is 0 Å². The Labute approximate surface area is 239 Å². The second kappa shape index (κ2) is 9.06. The van der Waals surface area contributed by atoms with Crippen LogP contribution < -0.4 is 5.32 Å². The number of nitrogens with one attached hydrogen (secondary N) is 1. The van der Waals surface area contributed by atoms with Gasteiger partial charge in [-0.15, -0.1) is 0 Å². The van der Waals surface area contributed by atoms with E-state index < -0.39 is 0 Å². The lowest BCUT2D eigenvalue weighted by Crippen LogP contribution is -2.67. The van der Waals surface area contributed by atoms with E-state index in [1.54, 1.807) is 0 Å². The zero-order valence-electron chi connectivity index (χ0n) is 26.2. The van der Waals surface area contributed by atoms with Gasteiger partial charge in [0.15, 0.2) is 0 Å². The van der Waals surface area contributed by atoms with Gasteiger partial charge in [0.2, 0.25) is 5.91 Å². The van der Waals surface area contributed by atoms with Crippen molar-refractivity contribution >= 4 is 5.91 Å². The fraction of sp³-hybridized carbons (Fsp3) is 0.914. The highest BCUT2D eigenvalue weighted by Crippen LogP contribution is 2.77. The number of hydrogen-bond acceptors (Lipinski definition) is 3. The molecule has 1 heterocycles. The van der Waals surface area contributed by atoms with Crippen molar-refractivity contribution in [2.45, 2.75) is 124 Å². The minimum Gasteiger partial charge on any atom is -0.393 e. The number of likely N-dealkylation sites (N-methyl/N-ethyl adjacent to an activating group) is 1. The Balaban J connectivity index is 1.35. The van der Waals surface area contributed by atoms with Crippen LogP contribution in [0, 0.1) is 56.7 Å². The Morgan fingerprint density at radius 2 is 1.62 bits per heavy atom. The van der Waals surface area contributed by atoms with Crippen LogP contribution >= 0.6 is 0 Å². The molecule has 0 bridgehead atoms. The van der Waals surface area contributed by atoms with E-state index in [1.165, 1.54) is 44.1 Å². The SMILES string of the molecule is C=C(C)[C@@H]1CC[C@]2(C(=O)N[C@H]3CCN(C)C3)CC[C@]3(C)[C@H](CC[C@@H]4[C@@]5(C)CC[C@H](O)C(C)(C)[C@@H]5CC[C@]43C)[C@@H]12. The number of rotatable bonds is 3. The first-order valence-electron chi connectivity index (χ1n) is 16.5. The Bertz CT molecular complexity index is 1020. The molecular weight excluding hydrogens is 480 g/mol. The lowest BCUT2D eigenvalue weighted by atomic mass is 9.32. The van der Waals surface area contributed by atoms with Gasteiger partial charge >= 0.3 is 0 Å². The van der Waals surface area contributed by atoms with E-state index in [1.807, 2.05) is 0 Å². The molecule has 1 saturated heterocycles. The summed E-state index contributed by atoms with van der Waals surface area (Å²) in [6.07, 6.45) is 12.5. The third-order valence-corrected chi connectivity index (χ3v) is 15.2. The zero-order valence-corrected chi connectivity index (χ0v) is 26.2. The van der Waals surface area contributed by atoms with Crippen LogP contribution in [-0.2, 0) is 4.79 Å². The van der Waals surface area contributed by atoms with Crippen molar-refractivity contribution in [3.63, 3.8) is 0 Å². The summed E-state index contributed by atoms with van der Waals surface area (Å²) in [6.45, 7) is 21.5. The van der Waals surface area contributed by atoms with Crippen molar-refractivity contribution in [3.05, 3.63) is 12.2 Å². The summed E-state index contributed by atoms with van der Waals surface area (Å²) in [5.41, 5.74) is 1.94. The first-order valence-corrected chi connectivity index (χ1v) is 16.5. The second-order valence-corrected chi connectivity index (χ2v) is 16.9. The summed E-state index contributed by atoms with van der Waals surface area (Å²) in [4.78, 5) is 16.7. The van der Waals surface area contributed by atoms with Gasteiger partial charge in [0.1, 0.15) is 0 Å². The van der Waals surface area contributed by atoms with E-state index in [4.69, 9.17) is 0 Å². The predicted octanol–water partition coefficient (Wildman–Crippen LogP) is 6.83. The molecule has 0 aromatic carbocycles. The Kier molecular flexibility index (Phi) is 6.57. The topological polar surface area (TPSA) is 52.6 Å². The maximum Gasteiger partial charge on any atom is 0.226 e. The van der Waals surface area contributed by atoms with E-state index in [0.717, 1.165) is 45.2 Å². The molecule has 2 N–H and O–H groups in total. The summed E-state index contributed by atoms with van der Waals surface area (Å²) in [7, 11) is 2.18. The molecule has 0 unspecified atom stereocenters. The van der Waals surface area contributed by atoms with Gasteiger partial charge in [0.25, 0.3) is 0 Å². The highest BCUT2D eigenvalue weighted by molar-refractivity contribution is 5.84. The van der Waals surface area contributed by atoms with Gasteiger partial charge < -0.3 is 15.3 Å². The van der Waals surface area contributed by atoms with E-state index >= 15 is 0 Å². The Morgan fingerprint density at radius 1 is 0.872 bits per heavy atom. The third kappa shape index (κ3) is 3.71. The average Bonchev–Trinajstić information content (AvgIpc) is 3.46. The normalized spacial score (nSPS) is 52.8. The molecule has 1 amide bonds. The molecule has 0 aromatic heterocycles. The molecule has 11 atom stereocenters. The van der Waals surface area contributed by atoms with E-state index in [9.17, 15) is 9.90 Å². The first-order chi connectivity index (χ1) is 18.2. The van der Waals surface area contributed by atoms with Gasteiger partial charge in [-0.2, -0.15) is 0 Å². The standard InChI is InChI=1S/C35H58N2O2/c1-22(2)24-11-17-35(30(39)36-23-14-20-37(8)21-23)19-18-33(6)25(29(24)35)9-10-27-32(5)15-13-28(38)31(3,4)26(32)12-16-34(27,33)7/h23-29,38H,1,9-21H2,2-8H3,(H,36,39)/t23-,24-,25+,26-,27+,28-,29+,32-,33+,34+,35-/m0/s1. The highest BCUT2D eigenvalue weighted by atomic mass is 16.3. The molecule has 6 aliphatic rings. The number of hydrogen-bond donors (Lipinski definition) is 2. The van der Waals surface area contributed by atoms with Crippen LogP contribution in [0.25, 0.3) is 0 Å². The molecule has 0 radical (unpaired) electrons. The van der Waals surface area contributed by atoms with E-state index in [2.05, 4.69) is 65.4 Å². The molecule has 6 rings (SSSR count). The monoisotopic (exact) mass is 538 g/mol. The van der Waals surface area contributed by atoms with Crippen LogP contribution in [0.1, 0.15) is 112 Å². The van der Waals surface area contributed by atoms with Crippen molar-refractivity contribution in [1.29, 1.82) is 0 Å². The van der Waals surface area contributed by atoms with Crippen molar-refractivity contribution in [1.82, 2.24) is 10.2 Å². The minimum atomic E-state index is -0.212. The van der Waals surface area contributed by atoms with Crippen molar-refractivity contribution < 1.29 is 9.90 Å². The predicted molar refractivity (Wildman–Crippen MR) is 159 cm³/mol. The number of likely N-dealkylation sites (tertiary alicyclic amines) is 1. The number of amides is 1. The summed E-state index contributed by atoms with van der Waals surface area (Å²) in [5, 5.41) is 14.6. The quantitative estimate of drug-likeness (QED) is 0.388. The minimum absolute atomic E-state index is 0.00328. The first kappa shape index (κ1) is 28.3. The molecule has 0 aromatic rings. The molecule has 4 nitrogen and oxygen atoms in total. The summed E-state index contributed by atoms with van der Waals surface area (Å²) >= 11 is 0. The number of carbonyl (C=O) groups is 1. The van der Waals surface area contributed by atoms with Crippen molar-refractivity contribution in [2.75, 3.05) is 20.1 Å². The number of carbonyl (C=O) groups excluding carboxylic acids is 1. The Morgan fingerprint density at radius 3 is 2.28 bits per heavy atom. The number of nitrogens with zero attached hydrogens (tertiary/aromatic N) is 1. The van der Waals surface area contributed by atoms with Gasteiger partial charge in [-0.3, -0.25) is 4.79 Å². The average molecular weight is 539 g/mol. The van der Waals surface area contributed by atoms with Crippen LogP contribution in [0.15, 0.2) is 12.2 Å². The number of aliphatic hydroxyl groups is 1. The van der Waals surface area contributed by atoms with Gasteiger partial charge in [0.05, 0.1) is 11.5 Å². The molecular formula is C35H58N2O2. The molecule has 1 aliphatic heterocycles. The fourth-order valence-corrected chi connectivity index (χ4v) is 12.9. The highest BCUT2D eigenvalue weighted by Gasteiger charge is 2.71. The van der Waals surface area contributed by atoms with Crippen LogP contribution in [0.4, 0.5) is 0 Å². The van der Waals surface area contributed by atoms with E-state index in [-0.39, 0.29) is 22.3 Å². The number of allylic oxidation sites excluding steroid dienone is 1. The fourth-order valence-electron chi connectivity index (χ4n) is 12.9. The molecule has 5 aliphatic carbocycles. The van der Waals surface area contributed by atoms with Gasteiger partial charge in [-0.05, 0) is 142 Å². The molecule has 39 heavy (non-hydrogen) atoms. The van der Waals surface area contributed by atoms with Crippen LogP contribution in [-0.4, -0.2) is 48.2 Å². The maximum absolute atomic E-state index is 14.3. The zero-order chi connectivity index (χ0) is 28.2. The summed E-state index contributed by atoms with van der Waals surface area (Å²) < 4.78 is 0.